The van der Waals surface area contributed by atoms with Crippen molar-refractivity contribution in [2.24, 2.45) is 0 Å². The minimum absolute atomic E-state index is 0.0206. The molecule has 21 heteroatoms. The Balaban J connectivity index is 1.25. The molecule has 0 atom stereocenters. The van der Waals surface area contributed by atoms with Crippen LogP contribution in [0.2, 0.25) is 0 Å². The number of benzene rings is 4. The number of anilines is 6. The number of ether oxygens (including phenoxy) is 2. The lowest BCUT2D eigenvalue weighted by atomic mass is 10.1. The number of hydrogen-bond donors (Lipinski definition) is 4. The van der Waals surface area contributed by atoms with Gasteiger partial charge in [-0.1, -0.05) is 0 Å². The van der Waals surface area contributed by atoms with Gasteiger partial charge in [0.05, 0.1) is 84.3 Å². The Morgan fingerprint density at radius 2 is 0.982 bits per heavy atom. The Kier molecular flexibility index (Phi) is 11.4. The summed E-state index contributed by atoms with van der Waals surface area (Å²) in [7, 11) is -4.67. The van der Waals surface area contributed by atoms with Crippen LogP contribution in [0, 0.1) is 11.6 Å². The second kappa shape index (κ2) is 16.5. The predicted molar refractivity (Wildman–Crippen MR) is 200 cm³/mol. The Bertz CT molecular complexity index is 2420. The van der Waals surface area contributed by atoms with Crippen molar-refractivity contribution in [2.75, 3.05) is 33.5 Å². The van der Waals surface area contributed by atoms with Crippen molar-refractivity contribution in [1.82, 2.24) is 19.6 Å². The number of aromatic nitrogens is 4. The van der Waals surface area contributed by atoms with Crippen LogP contribution in [-0.2, 0) is 31.3 Å². The van der Waals surface area contributed by atoms with Gasteiger partial charge in [0.25, 0.3) is 0 Å². The number of hydrogen-bond acceptors (Lipinski definition) is 11. The highest BCUT2D eigenvalue weighted by Crippen LogP contribution is 2.34. The molecule has 0 saturated carbocycles. The summed E-state index contributed by atoms with van der Waals surface area (Å²) in [6.45, 7) is 0. The Labute approximate surface area is 319 Å². The summed E-state index contributed by atoms with van der Waals surface area (Å²) in [5.41, 5.74) is 0.164. The summed E-state index contributed by atoms with van der Waals surface area (Å²) in [5.74, 6) is -2.85. The van der Waals surface area contributed by atoms with Crippen molar-refractivity contribution in [1.29, 1.82) is 0 Å². The van der Waals surface area contributed by atoms with E-state index in [0.717, 1.165) is 22.8 Å². The maximum Gasteiger partial charge on any atom is 0.340 e. The molecule has 0 bridgehead atoms. The van der Waals surface area contributed by atoms with Gasteiger partial charge in [0, 0.05) is 11.4 Å². The van der Waals surface area contributed by atoms with E-state index < -0.39 is 51.4 Å². The van der Waals surface area contributed by atoms with Gasteiger partial charge in [-0.25, -0.2) is 58.0 Å². The number of nitrogens with one attached hydrogen (secondary N) is 2. The molecule has 6 aromatic rings. The first kappa shape index (κ1) is 38.6. The standard InChI is InChI=1S/C35H28F2N8O9S2/c1-53-33(46)29-15-23(7-13-31(29)44(55(49)50)27-17-38-42(19-27)25-9-3-21(36)4-10-25)40-35(48)41-24-8-14-32(30(16-24)34(47)54-2)45(56(51)52)28-18-39-43(20-28)26-11-5-22(37)6-12-26/h3-20,55-56H,1-2H3,(H2,40,41,48). The van der Waals surface area contributed by atoms with Crippen LogP contribution in [0.1, 0.15) is 20.7 Å². The van der Waals surface area contributed by atoms with Crippen molar-refractivity contribution in [3.05, 3.63) is 132 Å². The number of methoxy groups -OCH3 is 2. The van der Waals surface area contributed by atoms with Gasteiger partial charge in [-0.2, -0.15) is 10.2 Å². The van der Waals surface area contributed by atoms with Gasteiger partial charge in [0.1, 0.15) is 11.6 Å². The van der Waals surface area contributed by atoms with Gasteiger partial charge in [-0.3, -0.25) is 0 Å². The van der Waals surface area contributed by atoms with E-state index in [1.807, 2.05) is 0 Å². The number of carbonyl (C=O) groups excluding carboxylic acids is 3. The van der Waals surface area contributed by atoms with Gasteiger partial charge >= 0.3 is 18.0 Å². The van der Waals surface area contributed by atoms with Crippen molar-refractivity contribution >= 4 is 73.9 Å². The molecular weight excluding hydrogens is 779 g/mol. The van der Waals surface area contributed by atoms with Crippen LogP contribution in [-0.4, -0.2) is 68.6 Å². The monoisotopic (exact) mass is 806 g/mol. The highest BCUT2D eigenvalue weighted by atomic mass is 32.2. The van der Waals surface area contributed by atoms with Gasteiger partial charge < -0.3 is 20.1 Å². The summed E-state index contributed by atoms with van der Waals surface area (Å²) < 4.78 is 91.0. The van der Waals surface area contributed by atoms with Gasteiger partial charge in [0.2, 0.25) is 21.8 Å². The van der Waals surface area contributed by atoms with Crippen LogP contribution in [0.25, 0.3) is 11.4 Å². The lowest BCUT2D eigenvalue weighted by Crippen LogP contribution is -2.22. The summed E-state index contributed by atoms with van der Waals surface area (Å²) in [6, 6.07) is 17.2. The molecule has 2 amide bonds. The third-order valence-electron chi connectivity index (χ3n) is 7.91. The summed E-state index contributed by atoms with van der Waals surface area (Å²) in [4.78, 5) is 38.9. The molecule has 0 aliphatic rings. The molecule has 6 rings (SSSR count). The second-order valence-electron chi connectivity index (χ2n) is 11.4. The van der Waals surface area contributed by atoms with Crippen LogP contribution in [0.4, 0.5) is 47.7 Å². The van der Waals surface area contributed by atoms with E-state index >= 15 is 0 Å². The predicted octanol–water partition coefficient (Wildman–Crippen LogP) is 4.88. The molecule has 17 nitrogen and oxygen atoms in total. The molecule has 0 saturated heterocycles. The maximum atomic E-state index is 13.4. The van der Waals surface area contributed by atoms with E-state index in [2.05, 4.69) is 20.8 Å². The molecule has 56 heavy (non-hydrogen) atoms. The van der Waals surface area contributed by atoms with Crippen LogP contribution >= 0.6 is 0 Å². The number of urea groups is 1. The average molecular weight is 807 g/mol. The van der Waals surface area contributed by atoms with Gasteiger partial charge in [0.15, 0.2) is 0 Å². The fraction of sp³-hybridized carbons (Fsp3) is 0.0571. The smallest absolute Gasteiger partial charge is 0.340 e. The molecule has 0 spiro atoms. The van der Waals surface area contributed by atoms with E-state index in [4.69, 9.17) is 9.47 Å². The Hall–Kier alpha value is -7.13. The summed E-state index contributed by atoms with van der Waals surface area (Å²) in [6.07, 6.45) is 5.14. The number of carbonyl (C=O) groups is 3. The van der Waals surface area contributed by atoms with Crippen LogP contribution in [0.15, 0.2) is 110 Å². The number of esters is 2. The molecule has 2 heterocycles. The van der Waals surface area contributed by atoms with Crippen LogP contribution < -0.4 is 19.2 Å². The van der Waals surface area contributed by atoms with Crippen molar-refractivity contribution in [2.45, 2.75) is 0 Å². The second-order valence-corrected chi connectivity index (χ2v) is 13.1. The molecule has 0 radical (unpaired) electrons. The zero-order chi connectivity index (χ0) is 40.1. The number of nitrogens with zero attached hydrogens (tertiary/aromatic N) is 6. The zero-order valence-corrected chi connectivity index (χ0v) is 30.7. The third kappa shape index (κ3) is 8.32. The Morgan fingerprint density at radius 1 is 0.607 bits per heavy atom. The molecule has 2 aromatic heterocycles. The zero-order valence-electron chi connectivity index (χ0n) is 28.9. The summed E-state index contributed by atoms with van der Waals surface area (Å²) in [5, 5.41) is 13.3. The Morgan fingerprint density at radius 3 is 1.32 bits per heavy atom. The molecule has 4 aromatic carbocycles. The molecular formula is C35H28F2N8O9S2. The van der Waals surface area contributed by atoms with E-state index in [0.29, 0.717) is 11.4 Å². The van der Waals surface area contributed by atoms with Crippen molar-refractivity contribution < 1.29 is 49.5 Å². The number of rotatable bonds is 12. The normalized spacial score (nSPS) is 11.0. The topological polar surface area (TPSA) is 204 Å². The third-order valence-corrected chi connectivity index (χ3v) is 9.46. The van der Waals surface area contributed by atoms with Crippen molar-refractivity contribution in [3.8, 4) is 11.4 Å². The first-order valence-corrected chi connectivity index (χ1v) is 18.2. The van der Waals surface area contributed by atoms with Crippen LogP contribution in [0.5, 0.6) is 0 Å². The van der Waals surface area contributed by atoms with E-state index in [1.54, 1.807) is 0 Å². The molecule has 288 valence electrons. The molecule has 0 unspecified atom stereocenters. The first-order chi connectivity index (χ1) is 26.9. The minimum Gasteiger partial charge on any atom is -0.465 e. The van der Waals surface area contributed by atoms with Gasteiger partial charge in [-0.05, 0) is 84.9 Å². The van der Waals surface area contributed by atoms with E-state index in [1.165, 1.54) is 119 Å². The lowest BCUT2D eigenvalue weighted by Gasteiger charge is -2.20. The molecule has 0 aliphatic carbocycles. The van der Waals surface area contributed by atoms with E-state index in [-0.39, 0.29) is 45.3 Å². The van der Waals surface area contributed by atoms with Crippen molar-refractivity contribution in [3.63, 3.8) is 0 Å². The van der Waals surface area contributed by atoms with Gasteiger partial charge in [-0.15, -0.1) is 0 Å². The quantitative estimate of drug-likeness (QED) is 0.0969. The first-order valence-electron chi connectivity index (χ1n) is 15.9. The summed E-state index contributed by atoms with van der Waals surface area (Å²) >= 11 is 0. The average Bonchev–Trinajstić information content (AvgIpc) is 3.87. The maximum absolute atomic E-state index is 13.4. The number of amides is 2. The lowest BCUT2D eigenvalue weighted by molar-refractivity contribution is 0.0593. The number of halogens is 2. The number of thiol groups is 2. The van der Waals surface area contributed by atoms with E-state index in [9.17, 15) is 40.0 Å². The molecule has 2 N–H and O–H groups in total. The highest BCUT2D eigenvalue weighted by Gasteiger charge is 2.25. The highest BCUT2D eigenvalue weighted by molar-refractivity contribution is 7.74. The molecule has 0 aliphatic heterocycles. The fourth-order valence-electron chi connectivity index (χ4n) is 5.40. The largest absolute Gasteiger partial charge is 0.465 e. The SMILES string of the molecule is COC(=O)c1cc(NC(=O)Nc2ccc(N(c3cnn(-c4ccc(F)cc4)c3)[SH](=O)=O)c(C(=O)OC)c2)ccc1N(c1cnn(-c2ccc(F)cc2)c1)[SH](=O)=O. The minimum atomic E-state index is -3.41. The van der Waals surface area contributed by atoms with Crippen LogP contribution in [0.3, 0.4) is 0 Å². The molecule has 0 fully saturated rings. The fourth-order valence-corrected chi connectivity index (χ4v) is 6.68.